The number of likely N-dealkylation sites (N-methyl/N-ethyl adjacent to an activating group) is 1. The third-order valence-corrected chi connectivity index (χ3v) is 4.99. The zero-order chi connectivity index (χ0) is 19.1. The summed E-state index contributed by atoms with van der Waals surface area (Å²) in [6.07, 6.45) is 1.69. The molecule has 0 bridgehead atoms. The first kappa shape index (κ1) is 20.4. The number of benzene rings is 1. The van der Waals surface area contributed by atoms with Crippen LogP contribution in [0.5, 0.6) is 0 Å². The quantitative estimate of drug-likeness (QED) is 0.627. The highest BCUT2D eigenvalue weighted by atomic mass is 32.1. The smallest absolute Gasteiger partial charge is 0.230 e. The van der Waals surface area contributed by atoms with E-state index in [4.69, 9.17) is 0 Å². The number of rotatable bonds is 9. The number of hydrogen-bond acceptors (Lipinski definition) is 6. The van der Waals surface area contributed by atoms with Crippen molar-refractivity contribution in [2.24, 2.45) is 0 Å². The number of aliphatic hydroxyl groups is 1. The van der Waals surface area contributed by atoms with Crippen LogP contribution in [-0.4, -0.2) is 54.2 Å². The van der Waals surface area contributed by atoms with Crippen LogP contribution >= 0.6 is 11.3 Å². The van der Waals surface area contributed by atoms with Crippen molar-refractivity contribution < 1.29 is 9.90 Å². The van der Waals surface area contributed by atoms with Gasteiger partial charge in [-0.3, -0.25) is 4.79 Å². The van der Waals surface area contributed by atoms with E-state index in [2.05, 4.69) is 29.5 Å². The van der Waals surface area contributed by atoms with Crippen molar-refractivity contribution in [3.8, 4) is 0 Å². The SMILES string of the molecule is CC(C)c1cnc(NC(=O)Cc2ccc(NCC(O)CN(C)C)cc2)s1. The van der Waals surface area contributed by atoms with Crippen LogP contribution < -0.4 is 10.6 Å². The second-order valence-electron chi connectivity index (χ2n) is 6.94. The van der Waals surface area contributed by atoms with E-state index in [1.165, 1.54) is 11.3 Å². The van der Waals surface area contributed by atoms with Crippen LogP contribution in [0.15, 0.2) is 30.5 Å². The third-order valence-electron chi connectivity index (χ3n) is 3.78. The second-order valence-corrected chi connectivity index (χ2v) is 8.00. The number of thiazole rings is 1. The molecule has 0 saturated heterocycles. The topological polar surface area (TPSA) is 77.5 Å². The summed E-state index contributed by atoms with van der Waals surface area (Å²) in [7, 11) is 3.86. The number of amides is 1. The van der Waals surface area contributed by atoms with Crippen molar-refractivity contribution in [2.45, 2.75) is 32.3 Å². The molecule has 1 atom stereocenters. The van der Waals surface area contributed by atoms with Crippen LogP contribution in [0.1, 0.15) is 30.2 Å². The van der Waals surface area contributed by atoms with Crippen LogP contribution in [0.25, 0.3) is 0 Å². The molecule has 0 saturated carbocycles. The minimum atomic E-state index is -0.426. The lowest BCUT2D eigenvalue weighted by Crippen LogP contribution is -2.31. The molecule has 0 aliphatic carbocycles. The number of nitrogens with one attached hydrogen (secondary N) is 2. The van der Waals surface area contributed by atoms with Crippen LogP contribution in [0.2, 0.25) is 0 Å². The molecule has 1 amide bonds. The molecule has 0 aliphatic rings. The Hall–Kier alpha value is -1.96. The van der Waals surface area contributed by atoms with Crippen molar-refractivity contribution in [3.05, 3.63) is 40.9 Å². The molecule has 1 heterocycles. The second kappa shape index (κ2) is 9.66. The minimum Gasteiger partial charge on any atom is -0.390 e. The van der Waals surface area contributed by atoms with Crippen molar-refractivity contribution >= 4 is 28.1 Å². The molecule has 0 aliphatic heterocycles. The summed E-state index contributed by atoms with van der Waals surface area (Å²) in [5.74, 6) is 0.339. The molecular weight excluding hydrogens is 348 g/mol. The lowest BCUT2D eigenvalue weighted by molar-refractivity contribution is -0.115. The maximum atomic E-state index is 12.2. The predicted octanol–water partition coefficient (Wildman–Crippen LogP) is 2.78. The summed E-state index contributed by atoms with van der Waals surface area (Å²) in [4.78, 5) is 19.5. The first-order chi connectivity index (χ1) is 12.3. The standard InChI is InChI=1S/C19H28N4O2S/c1-13(2)17-11-21-19(26-17)22-18(25)9-14-5-7-15(8-6-14)20-10-16(24)12-23(3)4/h5-8,11,13,16,20,24H,9-10,12H2,1-4H3,(H,21,22,25). The molecule has 7 heteroatoms. The Bertz CT molecular complexity index is 698. The maximum absolute atomic E-state index is 12.2. The molecule has 1 unspecified atom stereocenters. The van der Waals surface area contributed by atoms with E-state index in [1.54, 1.807) is 0 Å². The molecule has 1 aromatic heterocycles. The summed E-state index contributed by atoms with van der Waals surface area (Å²) in [5.41, 5.74) is 1.86. The highest BCUT2D eigenvalue weighted by Gasteiger charge is 2.10. The monoisotopic (exact) mass is 376 g/mol. The van der Waals surface area contributed by atoms with Gasteiger partial charge in [0.25, 0.3) is 0 Å². The lowest BCUT2D eigenvalue weighted by Gasteiger charge is -2.17. The van der Waals surface area contributed by atoms with Gasteiger partial charge in [-0.15, -0.1) is 11.3 Å². The summed E-state index contributed by atoms with van der Waals surface area (Å²) in [6, 6.07) is 7.68. The molecule has 2 rings (SSSR count). The van der Waals surface area contributed by atoms with Gasteiger partial charge in [-0.1, -0.05) is 26.0 Å². The summed E-state index contributed by atoms with van der Waals surface area (Å²) in [5, 5.41) is 16.6. The van der Waals surface area contributed by atoms with Gasteiger partial charge in [-0.25, -0.2) is 4.98 Å². The van der Waals surface area contributed by atoms with Gasteiger partial charge in [-0.2, -0.15) is 0 Å². The molecule has 3 N–H and O–H groups in total. The molecule has 0 fully saturated rings. The fourth-order valence-corrected chi connectivity index (χ4v) is 3.26. The van der Waals surface area contributed by atoms with Crippen molar-refractivity contribution in [1.29, 1.82) is 0 Å². The fourth-order valence-electron chi connectivity index (χ4n) is 2.42. The van der Waals surface area contributed by atoms with Gasteiger partial charge >= 0.3 is 0 Å². The molecule has 26 heavy (non-hydrogen) atoms. The van der Waals surface area contributed by atoms with Gasteiger partial charge in [0.15, 0.2) is 5.13 Å². The van der Waals surface area contributed by atoms with Crippen LogP contribution in [0.3, 0.4) is 0 Å². The Morgan fingerprint density at radius 3 is 2.54 bits per heavy atom. The van der Waals surface area contributed by atoms with E-state index in [-0.39, 0.29) is 5.91 Å². The summed E-state index contributed by atoms with van der Waals surface area (Å²) < 4.78 is 0. The Morgan fingerprint density at radius 2 is 1.96 bits per heavy atom. The van der Waals surface area contributed by atoms with Crippen molar-refractivity contribution in [1.82, 2.24) is 9.88 Å². The van der Waals surface area contributed by atoms with Crippen LogP contribution in [-0.2, 0) is 11.2 Å². The molecule has 0 radical (unpaired) electrons. The Labute approximate surface area is 159 Å². The molecule has 2 aromatic rings. The normalized spacial score (nSPS) is 12.4. The number of aliphatic hydroxyl groups excluding tert-OH is 1. The van der Waals surface area contributed by atoms with Crippen LogP contribution in [0, 0.1) is 0 Å². The van der Waals surface area contributed by atoms with Gasteiger partial charge in [0.2, 0.25) is 5.91 Å². The molecule has 0 spiro atoms. The van der Waals surface area contributed by atoms with Gasteiger partial charge < -0.3 is 20.6 Å². The number of aromatic nitrogens is 1. The predicted molar refractivity (Wildman–Crippen MR) is 108 cm³/mol. The lowest BCUT2D eigenvalue weighted by atomic mass is 10.1. The van der Waals surface area contributed by atoms with Gasteiger partial charge in [0.05, 0.1) is 12.5 Å². The third kappa shape index (κ3) is 6.74. The Balaban J connectivity index is 1.81. The highest BCUT2D eigenvalue weighted by Crippen LogP contribution is 2.25. The molecule has 6 nitrogen and oxygen atoms in total. The fraction of sp³-hybridized carbons (Fsp3) is 0.474. The van der Waals surface area contributed by atoms with Gasteiger partial charge in [0.1, 0.15) is 0 Å². The molecular formula is C19H28N4O2S. The maximum Gasteiger partial charge on any atom is 0.230 e. The summed E-state index contributed by atoms with van der Waals surface area (Å²) in [6.45, 7) is 5.31. The number of hydrogen-bond donors (Lipinski definition) is 3. The average Bonchev–Trinajstić information content (AvgIpc) is 3.02. The number of carbonyl (C=O) groups is 1. The number of anilines is 2. The Kier molecular flexibility index (Phi) is 7.56. The highest BCUT2D eigenvalue weighted by molar-refractivity contribution is 7.15. The minimum absolute atomic E-state index is 0.0724. The average molecular weight is 377 g/mol. The van der Waals surface area contributed by atoms with E-state index in [0.29, 0.717) is 30.6 Å². The molecule has 1 aromatic carbocycles. The van der Waals surface area contributed by atoms with E-state index in [0.717, 1.165) is 16.1 Å². The first-order valence-corrected chi connectivity index (χ1v) is 9.56. The Morgan fingerprint density at radius 1 is 1.27 bits per heavy atom. The zero-order valence-corrected chi connectivity index (χ0v) is 16.6. The van der Waals surface area contributed by atoms with Gasteiger partial charge in [0, 0.05) is 29.9 Å². The van der Waals surface area contributed by atoms with E-state index in [9.17, 15) is 9.90 Å². The van der Waals surface area contributed by atoms with E-state index >= 15 is 0 Å². The largest absolute Gasteiger partial charge is 0.390 e. The van der Waals surface area contributed by atoms with E-state index < -0.39 is 6.10 Å². The van der Waals surface area contributed by atoms with Crippen molar-refractivity contribution in [2.75, 3.05) is 37.8 Å². The van der Waals surface area contributed by atoms with Gasteiger partial charge in [-0.05, 0) is 37.7 Å². The number of carbonyl (C=O) groups excluding carboxylic acids is 1. The molecule has 142 valence electrons. The van der Waals surface area contributed by atoms with Crippen LogP contribution in [0.4, 0.5) is 10.8 Å². The summed E-state index contributed by atoms with van der Waals surface area (Å²) >= 11 is 1.52. The zero-order valence-electron chi connectivity index (χ0n) is 15.8. The van der Waals surface area contributed by atoms with Crippen molar-refractivity contribution in [3.63, 3.8) is 0 Å². The number of nitrogens with zero attached hydrogens (tertiary/aromatic N) is 2. The van der Waals surface area contributed by atoms with E-state index in [1.807, 2.05) is 49.5 Å². The first-order valence-electron chi connectivity index (χ1n) is 8.74.